The number of benzene rings is 1. The Hall–Kier alpha value is -3.97. The molecule has 38 heavy (non-hydrogen) atoms. The predicted octanol–water partition coefficient (Wildman–Crippen LogP) is 1.42. The zero-order chi connectivity index (χ0) is 26.8. The van der Waals surface area contributed by atoms with Gasteiger partial charge in [0.05, 0.1) is 29.5 Å². The molecule has 0 aliphatic carbocycles. The molecule has 0 radical (unpaired) electrons. The van der Waals surface area contributed by atoms with Gasteiger partial charge in [0.1, 0.15) is 18.0 Å². The van der Waals surface area contributed by atoms with E-state index in [2.05, 4.69) is 20.7 Å². The lowest BCUT2D eigenvalue weighted by Gasteiger charge is -2.44. The third-order valence-corrected chi connectivity index (χ3v) is 7.59. The maximum Gasteiger partial charge on any atom is 0.329 e. The molecule has 200 valence electrons. The number of pyridine rings is 1. The fourth-order valence-electron chi connectivity index (χ4n) is 4.92. The molecular formula is C25H30N8O4S. The normalized spacial score (nSPS) is 19.7. The lowest BCUT2D eigenvalue weighted by atomic mass is 10.0. The number of thiazole rings is 1. The molecule has 2 saturated heterocycles. The molecule has 5 rings (SSSR count). The average molecular weight is 539 g/mol. The van der Waals surface area contributed by atoms with Gasteiger partial charge in [0.15, 0.2) is 5.13 Å². The number of unbranched alkanes of at least 4 members (excludes halogenated alkanes) is 1. The average Bonchev–Trinajstić information content (AvgIpc) is 3.42. The highest BCUT2D eigenvalue weighted by Crippen LogP contribution is 2.31. The van der Waals surface area contributed by atoms with Crippen LogP contribution in [0.5, 0.6) is 5.75 Å². The van der Waals surface area contributed by atoms with E-state index in [1.54, 1.807) is 20.9 Å². The van der Waals surface area contributed by atoms with Gasteiger partial charge in [-0.2, -0.15) is 5.01 Å². The minimum absolute atomic E-state index is 0.0144. The lowest BCUT2D eigenvalue weighted by Crippen LogP contribution is -2.65. The molecule has 5 N–H and O–H groups in total. The third kappa shape index (κ3) is 5.20. The van der Waals surface area contributed by atoms with Gasteiger partial charge in [-0.3, -0.25) is 20.0 Å². The Kier molecular flexibility index (Phi) is 7.29. The molecule has 2 aromatic heterocycles. The Morgan fingerprint density at radius 1 is 1.26 bits per heavy atom. The summed E-state index contributed by atoms with van der Waals surface area (Å²) in [7, 11) is 0. The first kappa shape index (κ1) is 25.7. The maximum absolute atomic E-state index is 13.8. The second kappa shape index (κ2) is 10.8. The van der Waals surface area contributed by atoms with Gasteiger partial charge >= 0.3 is 6.03 Å². The maximum atomic E-state index is 13.8. The fourth-order valence-corrected chi connectivity index (χ4v) is 5.70. The fraction of sp³-hybridized carbons (Fsp3) is 0.400. The number of rotatable bonds is 8. The molecule has 0 unspecified atom stereocenters. The smallest absolute Gasteiger partial charge is 0.329 e. The summed E-state index contributed by atoms with van der Waals surface area (Å²) in [6.45, 7) is 2.99. The van der Waals surface area contributed by atoms with Crippen LogP contribution in [0.25, 0.3) is 10.2 Å². The van der Waals surface area contributed by atoms with Crippen LogP contribution in [0.1, 0.15) is 31.0 Å². The minimum Gasteiger partial charge on any atom is -0.506 e. The molecule has 13 heteroatoms. The molecule has 3 aromatic rings. The predicted molar refractivity (Wildman–Crippen MR) is 142 cm³/mol. The van der Waals surface area contributed by atoms with Crippen molar-refractivity contribution in [3.8, 4) is 5.75 Å². The van der Waals surface area contributed by atoms with Crippen LogP contribution in [-0.4, -0.2) is 79.6 Å². The van der Waals surface area contributed by atoms with Gasteiger partial charge in [-0.1, -0.05) is 36.8 Å². The number of fused-ring (bicyclic) bond motifs is 2. The molecular weight excluding hydrogens is 508 g/mol. The van der Waals surface area contributed by atoms with Crippen molar-refractivity contribution < 1.29 is 19.5 Å². The summed E-state index contributed by atoms with van der Waals surface area (Å²) in [4.78, 5) is 51.4. The van der Waals surface area contributed by atoms with Crippen molar-refractivity contribution in [2.24, 2.45) is 0 Å². The van der Waals surface area contributed by atoms with Crippen LogP contribution < -0.4 is 16.5 Å². The SMILES string of the molecule is CCCCNC(=O)NN1CC(=O)N2[C@@H]1CN(Cc1cccc3sc(N)nc13)C(=O)[C@@H]2Cc1ccc(O)cn1. The highest BCUT2D eigenvalue weighted by atomic mass is 32.1. The first-order chi connectivity index (χ1) is 18.3. The van der Waals surface area contributed by atoms with Gasteiger partial charge in [0, 0.05) is 25.2 Å². The summed E-state index contributed by atoms with van der Waals surface area (Å²) in [5, 5.41) is 14.5. The summed E-state index contributed by atoms with van der Waals surface area (Å²) in [5.74, 6) is -0.463. The number of aromatic nitrogens is 2. The van der Waals surface area contributed by atoms with Gasteiger partial charge < -0.3 is 26.0 Å². The van der Waals surface area contributed by atoms with Gasteiger partial charge in [-0.25, -0.2) is 9.78 Å². The summed E-state index contributed by atoms with van der Waals surface area (Å²) < 4.78 is 0.930. The number of carbonyl (C=O) groups is 3. The summed E-state index contributed by atoms with van der Waals surface area (Å²) in [6, 6.07) is 7.66. The molecule has 2 aliphatic rings. The van der Waals surface area contributed by atoms with Crippen LogP contribution >= 0.6 is 11.3 Å². The first-order valence-corrected chi connectivity index (χ1v) is 13.3. The van der Waals surface area contributed by atoms with Gasteiger partial charge in [0.2, 0.25) is 11.8 Å². The van der Waals surface area contributed by atoms with E-state index in [9.17, 15) is 19.5 Å². The van der Waals surface area contributed by atoms with Gasteiger partial charge in [0.25, 0.3) is 0 Å². The second-order valence-electron chi connectivity index (χ2n) is 9.39. The molecule has 0 bridgehead atoms. The lowest BCUT2D eigenvalue weighted by molar-refractivity contribution is -0.154. The summed E-state index contributed by atoms with van der Waals surface area (Å²) in [5.41, 5.74) is 10.9. The van der Waals surface area contributed by atoms with Crippen LogP contribution in [0.4, 0.5) is 9.93 Å². The molecule has 2 fully saturated rings. The largest absolute Gasteiger partial charge is 0.506 e. The number of hydrazine groups is 1. The van der Waals surface area contributed by atoms with Crippen molar-refractivity contribution in [1.82, 2.24) is 35.5 Å². The summed E-state index contributed by atoms with van der Waals surface area (Å²) in [6.07, 6.45) is 2.71. The molecule has 0 saturated carbocycles. The van der Waals surface area contributed by atoms with Crippen molar-refractivity contribution >= 4 is 44.5 Å². The number of carbonyl (C=O) groups excluding carboxylic acids is 3. The highest BCUT2D eigenvalue weighted by molar-refractivity contribution is 7.22. The number of urea groups is 1. The number of piperazine rings is 1. The van der Waals surface area contributed by atoms with Gasteiger partial charge in [-0.05, 0) is 30.2 Å². The molecule has 2 atom stereocenters. The molecule has 2 aliphatic heterocycles. The van der Waals surface area contributed by atoms with Crippen molar-refractivity contribution in [3.05, 3.63) is 47.8 Å². The monoisotopic (exact) mass is 538 g/mol. The number of nitrogens with one attached hydrogen (secondary N) is 2. The van der Waals surface area contributed by atoms with E-state index in [4.69, 9.17) is 5.73 Å². The number of hydrogen-bond donors (Lipinski definition) is 4. The molecule has 4 heterocycles. The van der Waals surface area contributed by atoms with E-state index in [0.29, 0.717) is 17.4 Å². The Morgan fingerprint density at radius 3 is 2.87 bits per heavy atom. The third-order valence-electron chi connectivity index (χ3n) is 6.74. The standard InChI is InChI=1S/C25H30N8O4S/c1-2-3-9-27-25(37)30-32-14-21(35)33-18(10-16-7-8-17(34)11-28-16)23(36)31(13-20(32)33)12-15-5-4-6-19-22(15)29-24(26)38-19/h4-8,11,18,20,34H,2-3,9-10,12-14H2,1H3,(H2,26,29)(H2,27,30,37)/t18-,20+/m0/s1. The topological polar surface area (TPSA) is 157 Å². The van der Waals surface area contributed by atoms with Crippen LogP contribution in [0.3, 0.4) is 0 Å². The van der Waals surface area contributed by atoms with Crippen LogP contribution in [0, 0.1) is 0 Å². The number of para-hydroxylation sites is 1. The van der Waals surface area contributed by atoms with Crippen molar-refractivity contribution in [2.45, 2.75) is 44.9 Å². The highest BCUT2D eigenvalue weighted by Gasteiger charge is 2.50. The second-order valence-corrected chi connectivity index (χ2v) is 10.5. The number of amides is 4. The number of aromatic hydroxyl groups is 1. The van der Waals surface area contributed by atoms with Crippen molar-refractivity contribution in [1.29, 1.82) is 0 Å². The molecule has 1 aromatic carbocycles. The Balaban J connectivity index is 1.43. The van der Waals surface area contributed by atoms with E-state index < -0.39 is 18.2 Å². The minimum atomic E-state index is -0.826. The van der Waals surface area contributed by atoms with E-state index >= 15 is 0 Å². The number of anilines is 1. The number of nitrogens with two attached hydrogens (primary N) is 1. The first-order valence-electron chi connectivity index (χ1n) is 12.5. The zero-order valence-electron chi connectivity index (χ0n) is 21.0. The number of nitrogen functional groups attached to an aromatic ring is 1. The number of nitrogens with zero attached hydrogens (tertiary/aromatic N) is 5. The van der Waals surface area contributed by atoms with Gasteiger partial charge in [-0.15, -0.1) is 0 Å². The Labute approximate surface area is 223 Å². The van der Waals surface area contributed by atoms with Crippen molar-refractivity contribution in [2.75, 3.05) is 25.4 Å². The molecule has 0 spiro atoms. The van der Waals surface area contributed by atoms with Crippen molar-refractivity contribution in [3.63, 3.8) is 0 Å². The van der Waals surface area contributed by atoms with E-state index in [-0.39, 0.29) is 43.6 Å². The summed E-state index contributed by atoms with van der Waals surface area (Å²) >= 11 is 1.38. The van der Waals surface area contributed by atoms with Crippen LogP contribution in [0.2, 0.25) is 0 Å². The molecule has 12 nitrogen and oxygen atoms in total. The van der Waals surface area contributed by atoms with E-state index in [1.807, 2.05) is 25.1 Å². The number of hydrogen-bond acceptors (Lipinski definition) is 9. The van der Waals surface area contributed by atoms with Crippen LogP contribution in [0.15, 0.2) is 36.5 Å². The quantitative estimate of drug-likeness (QED) is 0.314. The van der Waals surface area contributed by atoms with E-state index in [0.717, 1.165) is 28.6 Å². The Morgan fingerprint density at radius 2 is 2.11 bits per heavy atom. The molecule has 4 amide bonds. The van der Waals surface area contributed by atoms with E-state index in [1.165, 1.54) is 23.6 Å². The zero-order valence-corrected chi connectivity index (χ0v) is 21.8. The van der Waals surface area contributed by atoms with Crippen LogP contribution in [-0.2, 0) is 22.6 Å². The Bertz CT molecular complexity index is 1350.